The summed E-state index contributed by atoms with van der Waals surface area (Å²) in [5.74, 6) is 0. The second kappa shape index (κ2) is 5.74. The summed E-state index contributed by atoms with van der Waals surface area (Å²) in [6.07, 6.45) is 0. The van der Waals surface area contributed by atoms with Crippen LogP contribution in [0.25, 0.3) is 0 Å². The first-order valence-corrected chi connectivity index (χ1v) is 2.10. The Bertz CT molecular complexity index is 99.2. The summed E-state index contributed by atoms with van der Waals surface area (Å²) in [6.45, 7) is 0. The van der Waals surface area contributed by atoms with Crippen LogP contribution in [0.5, 0.6) is 0 Å². The molecule has 0 unspecified atom stereocenters. The minimum atomic E-state index is -4.67. The van der Waals surface area contributed by atoms with Crippen LogP contribution >= 0.6 is 0 Å². The molecule has 0 heterocycles. The zero-order valence-corrected chi connectivity index (χ0v) is 8.40. The van der Waals surface area contributed by atoms with Crippen molar-refractivity contribution in [3.63, 3.8) is 0 Å². The van der Waals surface area contributed by atoms with Gasteiger partial charge in [0.05, 0.1) is 0 Å². The molecule has 0 saturated carbocycles. The Morgan fingerprint density at radius 3 is 1.29 bits per heavy atom. The van der Waals surface area contributed by atoms with E-state index in [1.165, 1.54) is 0 Å². The van der Waals surface area contributed by atoms with E-state index in [1.807, 2.05) is 0 Å². The molecule has 0 aromatic rings. The van der Waals surface area contributed by atoms with E-state index >= 15 is 0 Å². The predicted octanol–water partition coefficient (Wildman–Crippen LogP) is -3.54. The van der Waals surface area contributed by atoms with Gasteiger partial charge in [0.15, 0.2) is 0 Å². The summed E-state index contributed by atoms with van der Waals surface area (Å²) in [5.41, 5.74) is 0. The second-order valence-corrected chi connectivity index (χ2v) is 1.34. The molecular weight excluding hydrogens is 316 g/mol. The summed E-state index contributed by atoms with van der Waals surface area (Å²) in [5, 5.41) is 0. The fourth-order valence-electron chi connectivity index (χ4n) is 0. The Morgan fingerprint density at radius 1 is 1.29 bits per heavy atom. The van der Waals surface area contributed by atoms with Gasteiger partial charge in [-0.25, -0.2) is 0 Å². The number of hydrogen-bond donors (Lipinski definition) is 2. The average molecular weight is 319 g/mol. The fraction of sp³-hybridized carbons (Fsp3) is 0. The Labute approximate surface area is 80.5 Å². The Morgan fingerprint density at radius 2 is 1.29 bits per heavy atom. The molecule has 4 nitrogen and oxygen atoms in total. The SMILES string of the molecule is O=S(=O)(O)O.[Au].[H-].[Na+]. The van der Waals surface area contributed by atoms with Crippen molar-refractivity contribution in [1.82, 2.24) is 0 Å². The van der Waals surface area contributed by atoms with E-state index in [4.69, 9.17) is 17.5 Å². The molecule has 0 saturated heterocycles. The van der Waals surface area contributed by atoms with Gasteiger partial charge in [-0.1, -0.05) is 0 Å². The molecule has 0 aromatic carbocycles. The van der Waals surface area contributed by atoms with Gasteiger partial charge in [-0.3, -0.25) is 9.11 Å². The van der Waals surface area contributed by atoms with E-state index in [9.17, 15) is 0 Å². The monoisotopic (exact) mass is 319 g/mol. The molecule has 7 heteroatoms. The maximum Gasteiger partial charge on any atom is 1.00 e. The molecule has 0 amide bonds. The molecule has 0 rings (SSSR count). The van der Waals surface area contributed by atoms with E-state index in [0.29, 0.717) is 0 Å². The molecule has 0 aliphatic rings. The Hall–Kier alpha value is 1.61. The summed E-state index contributed by atoms with van der Waals surface area (Å²) in [6, 6.07) is 0. The minimum Gasteiger partial charge on any atom is -1.00 e. The maximum absolute atomic E-state index is 8.74. The molecule has 0 fully saturated rings. The molecule has 0 aliphatic carbocycles. The van der Waals surface area contributed by atoms with Crippen LogP contribution in [-0.4, -0.2) is 17.5 Å². The van der Waals surface area contributed by atoms with Crippen molar-refractivity contribution >= 4 is 10.4 Å². The average Bonchev–Trinajstić information content (AvgIpc) is 0.722. The predicted molar refractivity (Wildman–Crippen MR) is 15.3 cm³/mol. The van der Waals surface area contributed by atoms with E-state index in [1.54, 1.807) is 0 Å². The van der Waals surface area contributed by atoms with Crippen LogP contribution in [0.2, 0.25) is 0 Å². The topological polar surface area (TPSA) is 74.6 Å². The van der Waals surface area contributed by atoms with E-state index in [-0.39, 0.29) is 53.4 Å². The van der Waals surface area contributed by atoms with Crippen LogP contribution in [0, 0.1) is 0 Å². The molecular formula is H3AuNaO4S. The third-order valence-corrected chi connectivity index (χ3v) is 0. The third-order valence-electron chi connectivity index (χ3n) is 0. The zero-order chi connectivity index (χ0) is 4.50. The van der Waals surface area contributed by atoms with Crippen molar-refractivity contribution in [2.45, 2.75) is 0 Å². The summed E-state index contributed by atoms with van der Waals surface area (Å²) in [7, 11) is -4.67. The van der Waals surface area contributed by atoms with Crippen molar-refractivity contribution < 1.29 is 70.9 Å². The smallest absolute Gasteiger partial charge is 1.00 e. The molecule has 0 atom stereocenters. The van der Waals surface area contributed by atoms with Crippen LogP contribution in [-0.2, 0) is 32.8 Å². The normalized spacial score (nSPS) is 8.29. The van der Waals surface area contributed by atoms with Gasteiger partial charge in [0.1, 0.15) is 0 Å². The van der Waals surface area contributed by atoms with Crippen LogP contribution < -0.4 is 29.6 Å². The van der Waals surface area contributed by atoms with Crippen molar-refractivity contribution in [3.8, 4) is 0 Å². The van der Waals surface area contributed by atoms with Crippen LogP contribution in [0.3, 0.4) is 0 Å². The maximum atomic E-state index is 8.74. The quantitative estimate of drug-likeness (QED) is 0.358. The third kappa shape index (κ3) is 92.4. The Kier molecular flexibility index (Phi) is 13.0. The molecule has 2 N–H and O–H groups in total. The van der Waals surface area contributed by atoms with Gasteiger partial charge in [0.2, 0.25) is 0 Å². The molecule has 7 heavy (non-hydrogen) atoms. The molecule has 0 bridgehead atoms. The van der Waals surface area contributed by atoms with Gasteiger partial charge >= 0.3 is 40.0 Å². The molecule has 0 aliphatic heterocycles. The zero-order valence-electron chi connectivity index (χ0n) is 4.42. The standard InChI is InChI=1S/Au.Na.H2O4S.H/c;;1-5(2,3)4;/h;;(H2,1,2,3,4);/q;+1;;-1. The van der Waals surface area contributed by atoms with Crippen LogP contribution in [0.4, 0.5) is 0 Å². The number of hydrogen-bond acceptors (Lipinski definition) is 2. The van der Waals surface area contributed by atoms with Crippen molar-refractivity contribution in [3.05, 3.63) is 0 Å². The Balaban J connectivity index is -0.0000000267. The van der Waals surface area contributed by atoms with Gasteiger partial charge in [-0.15, -0.1) is 0 Å². The van der Waals surface area contributed by atoms with Crippen molar-refractivity contribution in [1.29, 1.82) is 0 Å². The van der Waals surface area contributed by atoms with E-state index in [2.05, 4.69) is 0 Å². The molecule has 0 aromatic heterocycles. The summed E-state index contributed by atoms with van der Waals surface area (Å²) in [4.78, 5) is 0. The largest absolute Gasteiger partial charge is 1.00 e. The minimum absolute atomic E-state index is 0. The van der Waals surface area contributed by atoms with Gasteiger partial charge in [-0.2, -0.15) is 8.42 Å². The molecule has 45 valence electrons. The summed E-state index contributed by atoms with van der Waals surface area (Å²) >= 11 is 0. The second-order valence-electron chi connectivity index (χ2n) is 0.448. The molecule has 0 spiro atoms. The van der Waals surface area contributed by atoms with Gasteiger partial charge in [-0.05, 0) is 0 Å². The first kappa shape index (κ1) is 15.8. The first-order chi connectivity index (χ1) is 2.00. The van der Waals surface area contributed by atoms with Gasteiger partial charge in [0.25, 0.3) is 0 Å². The van der Waals surface area contributed by atoms with Gasteiger partial charge < -0.3 is 1.43 Å². The van der Waals surface area contributed by atoms with E-state index in [0.717, 1.165) is 0 Å². The van der Waals surface area contributed by atoms with Crippen LogP contribution in [0.1, 0.15) is 1.43 Å². The molecule has 1 radical (unpaired) electrons. The van der Waals surface area contributed by atoms with E-state index < -0.39 is 10.4 Å². The van der Waals surface area contributed by atoms with Gasteiger partial charge in [0, 0.05) is 22.4 Å². The first-order valence-electron chi connectivity index (χ1n) is 0.698. The van der Waals surface area contributed by atoms with Crippen LogP contribution in [0.15, 0.2) is 0 Å². The fourth-order valence-corrected chi connectivity index (χ4v) is 0. The summed E-state index contributed by atoms with van der Waals surface area (Å²) < 4.78 is 31.6. The van der Waals surface area contributed by atoms with Crippen molar-refractivity contribution in [2.24, 2.45) is 0 Å². The van der Waals surface area contributed by atoms with Crippen molar-refractivity contribution in [2.75, 3.05) is 0 Å². The number of rotatable bonds is 0.